The van der Waals surface area contributed by atoms with Gasteiger partial charge in [0.1, 0.15) is 0 Å². The molecule has 128 valence electrons. The largest absolute Gasteiger partial charge is 0.465 e. The summed E-state index contributed by atoms with van der Waals surface area (Å²) >= 11 is 1.55. The molecule has 1 unspecified atom stereocenters. The minimum absolute atomic E-state index is 0.163. The van der Waals surface area contributed by atoms with Crippen molar-refractivity contribution < 1.29 is 9.53 Å². The van der Waals surface area contributed by atoms with Gasteiger partial charge in [0.15, 0.2) is 4.96 Å². The molecule has 0 bridgehead atoms. The van der Waals surface area contributed by atoms with E-state index in [-0.39, 0.29) is 12.4 Å². The summed E-state index contributed by atoms with van der Waals surface area (Å²) in [6.45, 7) is 0.523. The number of rotatable bonds is 5. The van der Waals surface area contributed by atoms with Crippen LogP contribution in [0.1, 0.15) is 25.0 Å². The van der Waals surface area contributed by atoms with Crippen molar-refractivity contribution in [3.8, 4) is 11.3 Å². The van der Waals surface area contributed by atoms with Crippen molar-refractivity contribution in [1.29, 1.82) is 0 Å². The Kier molecular flexibility index (Phi) is 4.65. The Hall–Kier alpha value is -2.40. The summed E-state index contributed by atoms with van der Waals surface area (Å²) in [4.78, 5) is 17.8. The average molecular weight is 352 g/mol. The smallest absolute Gasteiger partial charge is 0.311 e. The van der Waals surface area contributed by atoms with E-state index in [0.717, 1.165) is 41.2 Å². The monoisotopic (exact) mass is 352 g/mol. The highest BCUT2D eigenvalue weighted by molar-refractivity contribution is 7.15. The molecule has 3 aromatic rings. The number of fused-ring (bicyclic) bond motifs is 1. The van der Waals surface area contributed by atoms with E-state index >= 15 is 0 Å². The zero-order valence-electron chi connectivity index (χ0n) is 13.9. The molecule has 4 nitrogen and oxygen atoms in total. The second-order valence-corrected chi connectivity index (χ2v) is 7.22. The molecule has 1 atom stereocenters. The van der Waals surface area contributed by atoms with E-state index in [1.165, 1.54) is 0 Å². The molecule has 25 heavy (non-hydrogen) atoms. The summed E-state index contributed by atoms with van der Waals surface area (Å²) in [6.07, 6.45) is 9.87. The molecule has 1 aliphatic rings. The van der Waals surface area contributed by atoms with E-state index in [0.29, 0.717) is 12.5 Å². The third-order valence-electron chi connectivity index (χ3n) is 4.54. The van der Waals surface area contributed by atoms with Crippen LogP contribution in [0.3, 0.4) is 0 Å². The normalized spacial score (nSPS) is 17.0. The minimum Gasteiger partial charge on any atom is -0.465 e. The number of aromatic nitrogens is 2. The van der Waals surface area contributed by atoms with Crippen LogP contribution in [0.2, 0.25) is 0 Å². The SMILES string of the molecule is O=C(Cc1csc2nc(-c3ccccc3)cn12)OCC1CC=CCC1. The van der Waals surface area contributed by atoms with Crippen molar-refractivity contribution >= 4 is 22.3 Å². The lowest BCUT2D eigenvalue weighted by Gasteiger charge is -2.17. The Labute approximate surface area is 150 Å². The maximum Gasteiger partial charge on any atom is 0.311 e. The van der Waals surface area contributed by atoms with Gasteiger partial charge in [0, 0.05) is 22.8 Å². The molecule has 0 radical (unpaired) electrons. The molecule has 2 aromatic heterocycles. The van der Waals surface area contributed by atoms with Crippen LogP contribution in [0.4, 0.5) is 0 Å². The van der Waals surface area contributed by atoms with Gasteiger partial charge in [0.25, 0.3) is 0 Å². The molecule has 0 N–H and O–H groups in total. The first-order chi connectivity index (χ1) is 12.3. The Morgan fingerprint density at radius 1 is 1.28 bits per heavy atom. The summed E-state index contributed by atoms with van der Waals surface area (Å²) in [5.74, 6) is 0.304. The molecule has 0 spiro atoms. The van der Waals surface area contributed by atoms with E-state index in [1.807, 2.05) is 46.3 Å². The first-order valence-electron chi connectivity index (χ1n) is 8.61. The first kappa shape index (κ1) is 16.1. The fraction of sp³-hybridized carbons (Fsp3) is 0.300. The third-order valence-corrected chi connectivity index (χ3v) is 5.42. The number of hydrogen-bond donors (Lipinski definition) is 0. The van der Waals surface area contributed by atoms with E-state index in [9.17, 15) is 4.79 Å². The van der Waals surface area contributed by atoms with Gasteiger partial charge in [-0.3, -0.25) is 9.20 Å². The summed E-state index contributed by atoms with van der Waals surface area (Å²) in [5.41, 5.74) is 2.94. The minimum atomic E-state index is -0.163. The quantitative estimate of drug-likeness (QED) is 0.501. The number of benzene rings is 1. The molecule has 0 saturated heterocycles. The van der Waals surface area contributed by atoms with E-state index in [4.69, 9.17) is 4.74 Å². The van der Waals surface area contributed by atoms with Crippen LogP contribution in [0.5, 0.6) is 0 Å². The highest BCUT2D eigenvalue weighted by Crippen LogP contribution is 2.24. The molecule has 0 saturated carbocycles. The lowest BCUT2D eigenvalue weighted by atomic mass is 9.95. The Morgan fingerprint density at radius 2 is 2.16 bits per heavy atom. The van der Waals surface area contributed by atoms with Gasteiger partial charge in [-0.15, -0.1) is 11.3 Å². The maximum atomic E-state index is 12.2. The van der Waals surface area contributed by atoms with Crippen LogP contribution < -0.4 is 0 Å². The number of imidazole rings is 1. The van der Waals surface area contributed by atoms with Crippen molar-refractivity contribution in [2.24, 2.45) is 5.92 Å². The topological polar surface area (TPSA) is 43.6 Å². The van der Waals surface area contributed by atoms with Gasteiger partial charge in [-0.1, -0.05) is 42.5 Å². The number of ether oxygens (including phenoxy) is 1. The van der Waals surface area contributed by atoms with Crippen molar-refractivity contribution in [2.45, 2.75) is 25.7 Å². The molecule has 2 heterocycles. The summed E-state index contributed by atoms with van der Waals surface area (Å²) in [7, 11) is 0. The van der Waals surface area contributed by atoms with Crippen LogP contribution in [-0.4, -0.2) is 22.0 Å². The van der Waals surface area contributed by atoms with Gasteiger partial charge in [0.05, 0.1) is 18.7 Å². The predicted molar refractivity (Wildman–Crippen MR) is 99.6 cm³/mol. The molecule has 5 heteroatoms. The molecule has 1 aliphatic carbocycles. The van der Waals surface area contributed by atoms with Gasteiger partial charge in [-0.25, -0.2) is 4.98 Å². The number of nitrogens with zero attached hydrogens (tertiary/aromatic N) is 2. The van der Waals surface area contributed by atoms with Gasteiger partial charge < -0.3 is 4.74 Å². The van der Waals surface area contributed by atoms with Crippen LogP contribution >= 0.6 is 11.3 Å². The standard InChI is InChI=1S/C20H20N2O2S/c23-19(24-13-15-7-3-1-4-8-15)11-17-14-25-20-21-18(12-22(17)20)16-9-5-2-6-10-16/h1-3,5-6,9-10,12,14-15H,4,7-8,11,13H2. The Balaban J connectivity index is 1.43. The third kappa shape index (κ3) is 3.66. The summed E-state index contributed by atoms with van der Waals surface area (Å²) < 4.78 is 7.49. The van der Waals surface area contributed by atoms with Crippen LogP contribution in [0.15, 0.2) is 54.1 Å². The fourth-order valence-corrected chi connectivity index (χ4v) is 3.99. The lowest BCUT2D eigenvalue weighted by molar-refractivity contribution is -0.144. The van der Waals surface area contributed by atoms with E-state index < -0.39 is 0 Å². The van der Waals surface area contributed by atoms with Crippen molar-refractivity contribution in [3.05, 3.63) is 59.8 Å². The number of carbonyl (C=O) groups is 1. The number of esters is 1. The van der Waals surface area contributed by atoms with Gasteiger partial charge >= 0.3 is 5.97 Å². The van der Waals surface area contributed by atoms with Crippen molar-refractivity contribution in [2.75, 3.05) is 6.61 Å². The van der Waals surface area contributed by atoms with Crippen LogP contribution in [-0.2, 0) is 16.0 Å². The van der Waals surface area contributed by atoms with Gasteiger partial charge in [-0.05, 0) is 25.2 Å². The molecule has 0 fully saturated rings. The molecular weight excluding hydrogens is 332 g/mol. The molecule has 4 rings (SSSR count). The number of carbonyl (C=O) groups excluding carboxylic acids is 1. The van der Waals surface area contributed by atoms with E-state index in [2.05, 4.69) is 17.1 Å². The highest BCUT2D eigenvalue weighted by atomic mass is 32.1. The molecule has 0 amide bonds. The predicted octanol–water partition coefficient (Wildman–Crippen LogP) is 4.50. The molecular formula is C20H20N2O2S. The molecule has 1 aromatic carbocycles. The van der Waals surface area contributed by atoms with E-state index in [1.54, 1.807) is 11.3 Å². The average Bonchev–Trinajstić information content (AvgIpc) is 3.24. The Morgan fingerprint density at radius 3 is 2.96 bits per heavy atom. The number of hydrogen-bond acceptors (Lipinski definition) is 4. The van der Waals surface area contributed by atoms with Crippen LogP contribution in [0.25, 0.3) is 16.2 Å². The second-order valence-electron chi connectivity index (χ2n) is 6.38. The molecule has 0 aliphatic heterocycles. The lowest BCUT2D eigenvalue weighted by Crippen LogP contribution is -2.17. The second kappa shape index (κ2) is 7.23. The fourth-order valence-electron chi connectivity index (χ4n) is 3.12. The zero-order chi connectivity index (χ0) is 17.1. The summed E-state index contributed by atoms with van der Waals surface area (Å²) in [5, 5.41) is 1.99. The number of thiazole rings is 1. The highest BCUT2D eigenvalue weighted by Gasteiger charge is 2.16. The van der Waals surface area contributed by atoms with Crippen molar-refractivity contribution in [3.63, 3.8) is 0 Å². The Bertz CT molecular complexity index is 895. The zero-order valence-corrected chi connectivity index (χ0v) is 14.7. The van der Waals surface area contributed by atoms with Crippen molar-refractivity contribution in [1.82, 2.24) is 9.38 Å². The number of allylic oxidation sites excluding steroid dienone is 2. The van der Waals surface area contributed by atoms with Crippen LogP contribution in [0, 0.1) is 5.92 Å². The first-order valence-corrected chi connectivity index (χ1v) is 9.49. The van der Waals surface area contributed by atoms with Gasteiger partial charge in [-0.2, -0.15) is 0 Å². The maximum absolute atomic E-state index is 12.2. The summed E-state index contributed by atoms with van der Waals surface area (Å²) in [6, 6.07) is 10.1. The van der Waals surface area contributed by atoms with Gasteiger partial charge in [0.2, 0.25) is 0 Å².